The molecule has 262 valence electrons. The van der Waals surface area contributed by atoms with Gasteiger partial charge in [0.25, 0.3) is 0 Å². The van der Waals surface area contributed by atoms with Gasteiger partial charge in [0, 0.05) is 6.42 Å². The Kier molecular flexibility index (Phi) is 35.1. The lowest BCUT2D eigenvalue weighted by Gasteiger charge is -2.19. The maximum Gasteiger partial charge on any atom is 0.220 e. The number of rotatable bonds is 32. The summed E-state index contributed by atoms with van der Waals surface area (Å²) in [7, 11) is 0. The second kappa shape index (κ2) is 37.0. The lowest BCUT2D eigenvalue weighted by molar-refractivity contribution is -0.123. The zero-order valence-electron chi connectivity index (χ0n) is 29.8. The average molecular weight is 638 g/mol. The molecule has 0 spiro atoms. The third kappa shape index (κ3) is 32.9. The van der Waals surface area contributed by atoms with Crippen molar-refractivity contribution in [2.24, 2.45) is 0 Å². The van der Waals surface area contributed by atoms with Gasteiger partial charge in [-0.25, -0.2) is 0 Å². The van der Waals surface area contributed by atoms with E-state index in [1.165, 1.54) is 51.4 Å². The Bertz CT molecular complexity index is 864. The largest absolute Gasteiger partial charge is 0.394 e. The highest BCUT2D eigenvalue weighted by molar-refractivity contribution is 5.76. The summed E-state index contributed by atoms with van der Waals surface area (Å²) >= 11 is 0. The van der Waals surface area contributed by atoms with Crippen LogP contribution in [-0.2, 0) is 4.79 Å². The molecular weight excluding hydrogens is 566 g/mol. The maximum absolute atomic E-state index is 12.3. The van der Waals surface area contributed by atoms with Crippen molar-refractivity contribution in [1.29, 1.82) is 0 Å². The summed E-state index contributed by atoms with van der Waals surface area (Å²) in [5.74, 6) is -0.107. The summed E-state index contributed by atoms with van der Waals surface area (Å²) in [6.07, 6.45) is 53.8. The fraction of sp³-hybridized carbons (Fsp3) is 0.643. The topological polar surface area (TPSA) is 69.6 Å². The second-order valence-electron chi connectivity index (χ2n) is 12.2. The van der Waals surface area contributed by atoms with Crippen LogP contribution < -0.4 is 5.32 Å². The highest BCUT2D eigenvalue weighted by Gasteiger charge is 2.17. The molecule has 4 heteroatoms. The van der Waals surface area contributed by atoms with Crippen LogP contribution in [0.4, 0.5) is 0 Å². The minimum absolute atomic E-state index is 0.107. The molecule has 0 aromatic heterocycles. The Labute approximate surface area is 284 Å². The lowest BCUT2D eigenvalue weighted by atomic mass is 10.1. The second-order valence-corrected chi connectivity index (χ2v) is 12.2. The number of aliphatic hydroxyl groups excluding tert-OH is 2. The molecule has 3 N–H and O–H groups in total. The first kappa shape index (κ1) is 43.6. The first-order chi connectivity index (χ1) is 22.7. The van der Waals surface area contributed by atoms with Crippen molar-refractivity contribution in [2.75, 3.05) is 6.61 Å². The molecule has 0 saturated heterocycles. The van der Waals surface area contributed by atoms with E-state index in [1.54, 1.807) is 6.08 Å². The molecule has 0 heterocycles. The summed E-state index contributed by atoms with van der Waals surface area (Å²) in [5, 5.41) is 22.9. The molecule has 2 unspecified atom stereocenters. The number of aliphatic hydroxyl groups is 2. The first-order valence-corrected chi connectivity index (χ1v) is 18.8. The van der Waals surface area contributed by atoms with Crippen molar-refractivity contribution in [1.82, 2.24) is 5.32 Å². The molecule has 0 aromatic carbocycles. The van der Waals surface area contributed by atoms with Gasteiger partial charge in [-0.05, 0) is 83.5 Å². The summed E-state index contributed by atoms with van der Waals surface area (Å²) in [4.78, 5) is 12.3. The smallest absolute Gasteiger partial charge is 0.220 e. The minimum atomic E-state index is -0.884. The maximum atomic E-state index is 12.3. The number of unbranched alkanes of at least 4 members (excludes halogenated alkanes) is 13. The molecule has 0 fully saturated rings. The molecule has 0 rings (SSSR count). The third-order valence-electron chi connectivity index (χ3n) is 7.84. The van der Waals surface area contributed by atoms with Crippen LogP contribution in [-0.4, -0.2) is 34.9 Å². The van der Waals surface area contributed by atoms with Gasteiger partial charge in [0.15, 0.2) is 0 Å². The molecule has 0 aliphatic heterocycles. The van der Waals surface area contributed by atoms with Crippen LogP contribution in [0.25, 0.3) is 0 Å². The van der Waals surface area contributed by atoms with Crippen LogP contribution in [0, 0.1) is 0 Å². The van der Waals surface area contributed by atoms with Crippen molar-refractivity contribution in [3.63, 3.8) is 0 Å². The Morgan fingerprint density at radius 3 is 1.52 bits per heavy atom. The molecule has 46 heavy (non-hydrogen) atoms. The van der Waals surface area contributed by atoms with E-state index in [4.69, 9.17) is 0 Å². The fourth-order valence-corrected chi connectivity index (χ4v) is 4.96. The van der Waals surface area contributed by atoms with Crippen LogP contribution in [0.3, 0.4) is 0 Å². The predicted molar refractivity (Wildman–Crippen MR) is 202 cm³/mol. The van der Waals surface area contributed by atoms with Gasteiger partial charge in [-0.15, -0.1) is 0 Å². The number of nitrogens with one attached hydrogen (secondary N) is 1. The standard InChI is InChI=1S/C42H71NO3/c1-3-5-7-9-11-13-15-17-19-21-23-25-27-29-31-33-35-37-41(45)40(39-44)43-42(46)38-36-34-32-30-28-26-24-22-20-18-16-14-12-10-8-6-4-2/h6,8,12,14,18-21,24,26-27,29,35,37,40-41,44-45H,3-5,7,9-11,13,15-17,22-23,25,28,30-34,36,38-39H2,1-2H3,(H,43,46)/b8-6-,14-12-,20-18-,21-19+,26-24-,29-27+,37-35+. The monoisotopic (exact) mass is 638 g/mol. The first-order valence-electron chi connectivity index (χ1n) is 18.8. The zero-order valence-corrected chi connectivity index (χ0v) is 29.8. The molecule has 0 saturated carbocycles. The number of hydrogen-bond acceptors (Lipinski definition) is 3. The number of hydrogen-bond donors (Lipinski definition) is 3. The Morgan fingerprint density at radius 2 is 0.978 bits per heavy atom. The average Bonchev–Trinajstić information content (AvgIpc) is 3.06. The Hall–Kier alpha value is -2.43. The third-order valence-corrected chi connectivity index (χ3v) is 7.84. The molecule has 0 bridgehead atoms. The van der Waals surface area contributed by atoms with Gasteiger partial charge in [-0.2, -0.15) is 0 Å². The Balaban J connectivity index is 3.79. The molecule has 0 aromatic rings. The predicted octanol–water partition coefficient (Wildman–Crippen LogP) is 11.3. The summed E-state index contributed by atoms with van der Waals surface area (Å²) in [6, 6.07) is -0.662. The van der Waals surface area contributed by atoms with Crippen LogP contribution >= 0.6 is 0 Å². The van der Waals surface area contributed by atoms with Crippen molar-refractivity contribution >= 4 is 5.91 Å². The van der Waals surface area contributed by atoms with E-state index >= 15 is 0 Å². The van der Waals surface area contributed by atoms with Crippen LogP contribution in [0.1, 0.15) is 155 Å². The van der Waals surface area contributed by atoms with Gasteiger partial charge < -0.3 is 15.5 Å². The minimum Gasteiger partial charge on any atom is -0.394 e. The Morgan fingerprint density at radius 1 is 0.543 bits per heavy atom. The van der Waals surface area contributed by atoms with E-state index in [-0.39, 0.29) is 12.5 Å². The van der Waals surface area contributed by atoms with Gasteiger partial charge in [0.05, 0.1) is 18.8 Å². The van der Waals surface area contributed by atoms with E-state index in [0.29, 0.717) is 6.42 Å². The van der Waals surface area contributed by atoms with E-state index in [9.17, 15) is 15.0 Å². The van der Waals surface area contributed by atoms with Crippen molar-refractivity contribution in [3.05, 3.63) is 85.1 Å². The molecule has 0 aliphatic carbocycles. The van der Waals surface area contributed by atoms with Gasteiger partial charge in [0.2, 0.25) is 5.91 Å². The molecule has 1 amide bonds. The van der Waals surface area contributed by atoms with Gasteiger partial charge >= 0.3 is 0 Å². The summed E-state index contributed by atoms with van der Waals surface area (Å²) < 4.78 is 0. The highest BCUT2D eigenvalue weighted by atomic mass is 16.3. The van der Waals surface area contributed by atoms with E-state index in [2.05, 4.69) is 92.1 Å². The number of allylic oxidation sites excluding steroid dienone is 13. The van der Waals surface area contributed by atoms with Gasteiger partial charge in [-0.3, -0.25) is 4.79 Å². The number of carbonyl (C=O) groups is 1. The van der Waals surface area contributed by atoms with Crippen molar-refractivity contribution < 1.29 is 15.0 Å². The molecule has 4 nitrogen and oxygen atoms in total. The van der Waals surface area contributed by atoms with Crippen LogP contribution in [0.5, 0.6) is 0 Å². The molecule has 0 radical (unpaired) electrons. The highest BCUT2D eigenvalue weighted by Crippen LogP contribution is 2.10. The quantitative estimate of drug-likeness (QED) is 0.0508. The van der Waals surface area contributed by atoms with Gasteiger partial charge in [0.1, 0.15) is 0 Å². The SMILES string of the molecule is CC/C=C\C/C=C\C/C=C\C/C=C\CCCCCCC(=O)NC(CO)C(O)/C=C/CC/C=C/CC/C=C/CCCCCCCCC. The van der Waals surface area contributed by atoms with Crippen LogP contribution in [0.15, 0.2) is 85.1 Å². The van der Waals surface area contributed by atoms with Crippen molar-refractivity contribution in [3.8, 4) is 0 Å². The van der Waals surface area contributed by atoms with Gasteiger partial charge in [-0.1, -0.05) is 150 Å². The zero-order chi connectivity index (χ0) is 33.6. The molecular formula is C42H71NO3. The fourth-order valence-electron chi connectivity index (χ4n) is 4.96. The van der Waals surface area contributed by atoms with E-state index in [0.717, 1.165) is 83.5 Å². The van der Waals surface area contributed by atoms with E-state index < -0.39 is 12.1 Å². The lowest BCUT2D eigenvalue weighted by Crippen LogP contribution is -2.45. The number of carbonyl (C=O) groups excluding carboxylic acids is 1. The number of amides is 1. The van der Waals surface area contributed by atoms with E-state index in [1.807, 2.05) is 6.08 Å². The normalized spacial score (nSPS) is 14.1. The molecule has 0 aliphatic rings. The summed E-state index contributed by atoms with van der Waals surface area (Å²) in [6.45, 7) is 4.14. The van der Waals surface area contributed by atoms with Crippen molar-refractivity contribution in [2.45, 2.75) is 167 Å². The molecule has 2 atom stereocenters. The summed E-state index contributed by atoms with van der Waals surface area (Å²) in [5.41, 5.74) is 0. The van der Waals surface area contributed by atoms with Crippen LogP contribution in [0.2, 0.25) is 0 Å².